The van der Waals surface area contributed by atoms with Gasteiger partial charge in [-0.15, -0.1) is 0 Å². The lowest BCUT2D eigenvalue weighted by molar-refractivity contribution is -0.111. The zero-order valence-corrected chi connectivity index (χ0v) is 19.3. The minimum atomic E-state index is -0.183. The molecule has 4 heterocycles. The van der Waals surface area contributed by atoms with E-state index in [2.05, 4.69) is 30.5 Å². The third-order valence-corrected chi connectivity index (χ3v) is 5.56. The summed E-state index contributed by atoms with van der Waals surface area (Å²) in [7, 11) is 0. The molecule has 0 bridgehead atoms. The van der Waals surface area contributed by atoms with Crippen LogP contribution in [0.25, 0.3) is 22.2 Å². The van der Waals surface area contributed by atoms with Crippen LogP contribution in [-0.2, 0) is 9.53 Å². The van der Waals surface area contributed by atoms with Crippen LogP contribution in [0.2, 0.25) is 0 Å². The van der Waals surface area contributed by atoms with E-state index in [1.807, 2.05) is 42.5 Å². The number of nitrogens with one attached hydrogen (secondary N) is 2. The molecule has 1 saturated heterocycles. The molecular weight excluding hydrogens is 442 g/mol. The molecule has 0 saturated carbocycles. The van der Waals surface area contributed by atoms with Crippen molar-refractivity contribution in [1.29, 1.82) is 0 Å². The Bertz CT molecular complexity index is 1370. The molecule has 9 heteroatoms. The average molecular weight is 468 g/mol. The fourth-order valence-corrected chi connectivity index (χ4v) is 3.88. The molecule has 0 unspecified atom stereocenters. The number of pyridine rings is 2. The van der Waals surface area contributed by atoms with E-state index in [1.54, 1.807) is 31.6 Å². The number of morpholine rings is 1. The maximum atomic E-state index is 11.9. The van der Waals surface area contributed by atoms with Crippen molar-refractivity contribution in [2.45, 2.75) is 6.92 Å². The fourth-order valence-electron chi connectivity index (χ4n) is 3.88. The van der Waals surface area contributed by atoms with Crippen LogP contribution in [-0.4, -0.2) is 52.1 Å². The van der Waals surface area contributed by atoms with Crippen LogP contribution < -0.4 is 15.5 Å². The number of hydrogen-bond donors (Lipinski definition) is 2. The minimum Gasteiger partial charge on any atom is -0.378 e. The first-order chi connectivity index (χ1) is 17.2. The summed E-state index contributed by atoms with van der Waals surface area (Å²) in [5.41, 5.74) is 3.73. The third-order valence-electron chi connectivity index (χ3n) is 5.56. The van der Waals surface area contributed by atoms with Crippen molar-refractivity contribution in [1.82, 2.24) is 19.9 Å². The normalized spacial score (nSPS) is 13.8. The molecule has 3 aromatic heterocycles. The number of nitrogens with zero attached hydrogens (tertiary/aromatic N) is 5. The highest BCUT2D eigenvalue weighted by Gasteiger charge is 2.13. The van der Waals surface area contributed by atoms with Gasteiger partial charge in [0.2, 0.25) is 11.9 Å². The van der Waals surface area contributed by atoms with Crippen molar-refractivity contribution in [2.75, 3.05) is 41.8 Å². The molecule has 1 fully saturated rings. The molecule has 0 radical (unpaired) electrons. The molecule has 176 valence electrons. The Balaban J connectivity index is 1.40. The number of amides is 1. The Labute approximate surface area is 202 Å². The molecule has 0 spiro atoms. The van der Waals surface area contributed by atoms with Gasteiger partial charge < -0.3 is 20.3 Å². The Hall–Kier alpha value is -4.37. The number of anilines is 4. The van der Waals surface area contributed by atoms with E-state index in [9.17, 15) is 4.79 Å². The van der Waals surface area contributed by atoms with Crippen LogP contribution in [0.3, 0.4) is 0 Å². The van der Waals surface area contributed by atoms with E-state index in [-0.39, 0.29) is 5.91 Å². The highest BCUT2D eigenvalue weighted by atomic mass is 16.5. The number of aromatic nitrogens is 4. The van der Waals surface area contributed by atoms with Crippen LogP contribution in [0.1, 0.15) is 6.92 Å². The second kappa shape index (κ2) is 10.3. The summed E-state index contributed by atoms with van der Waals surface area (Å²) in [4.78, 5) is 32.5. The van der Waals surface area contributed by atoms with Gasteiger partial charge in [-0.3, -0.25) is 9.78 Å². The molecule has 0 atom stereocenters. The van der Waals surface area contributed by atoms with Crippen molar-refractivity contribution < 1.29 is 9.53 Å². The summed E-state index contributed by atoms with van der Waals surface area (Å²) in [5, 5.41) is 6.96. The number of rotatable bonds is 6. The molecule has 1 aliphatic rings. The predicted molar refractivity (Wildman–Crippen MR) is 137 cm³/mol. The van der Waals surface area contributed by atoms with Crippen molar-refractivity contribution in [2.24, 2.45) is 0 Å². The maximum absolute atomic E-state index is 11.9. The number of ether oxygens (including phenoxy) is 1. The van der Waals surface area contributed by atoms with Crippen LogP contribution in [0.5, 0.6) is 0 Å². The first kappa shape index (κ1) is 22.4. The number of hydrogen-bond acceptors (Lipinski definition) is 8. The van der Waals surface area contributed by atoms with Gasteiger partial charge in [-0.1, -0.05) is 18.2 Å². The van der Waals surface area contributed by atoms with E-state index in [0.717, 1.165) is 35.5 Å². The van der Waals surface area contributed by atoms with Crippen molar-refractivity contribution in [3.63, 3.8) is 0 Å². The van der Waals surface area contributed by atoms with Gasteiger partial charge in [-0.25, -0.2) is 15.0 Å². The second-order valence-electron chi connectivity index (χ2n) is 7.99. The highest BCUT2D eigenvalue weighted by Crippen LogP contribution is 2.28. The largest absolute Gasteiger partial charge is 0.378 e. The standard InChI is InChI=1S/C26H25N7O2/c1-2-4-23(34)30-20-6-3-5-18(15-20)24-25-19(9-10-27-24)16-29-26(32-25)31-21-7-8-22(28-17-21)33-11-13-35-14-12-33/h2-10,15-17H,11-14H2,1H3,(H,30,34)(H,29,31,32)/b4-2+. The zero-order chi connectivity index (χ0) is 24.0. The third kappa shape index (κ3) is 5.25. The van der Waals surface area contributed by atoms with Gasteiger partial charge in [0, 0.05) is 42.1 Å². The molecule has 4 aromatic rings. The van der Waals surface area contributed by atoms with Crippen molar-refractivity contribution in [3.8, 4) is 11.3 Å². The van der Waals surface area contributed by atoms with Gasteiger partial charge in [0.05, 0.1) is 30.8 Å². The van der Waals surface area contributed by atoms with Gasteiger partial charge >= 0.3 is 0 Å². The van der Waals surface area contributed by atoms with Gasteiger partial charge in [0.25, 0.3) is 0 Å². The number of fused-ring (bicyclic) bond motifs is 1. The molecule has 1 aliphatic heterocycles. The molecular formula is C26H25N7O2. The number of benzene rings is 1. The quantitative estimate of drug-likeness (QED) is 0.407. The summed E-state index contributed by atoms with van der Waals surface area (Å²) < 4.78 is 5.41. The Kier molecular flexibility index (Phi) is 6.58. The first-order valence-electron chi connectivity index (χ1n) is 11.4. The summed E-state index contributed by atoms with van der Waals surface area (Å²) >= 11 is 0. The van der Waals surface area contributed by atoms with Gasteiger partial charge in [0.15, 0.2) is 0 Å². The molecule has 1 aromatic carbocycles. The van der Waals surface area contributed by atoms with Crippen LogP contribution in [0, 0.1) is 0 Å². The van der Waals surface area contributed by atoms with E-state index >= 15 is 0 Å². The summed E-state index contributed by atoms with van der Waals surface area (Å²) in [6, 6.07) is 13.4. The van der Waals surface area contributed by atoms with Gasteiger partial charge in [-0.05, 0) is 43.3 Å². The Morgan fingerprint density at radius 3 is 2.71 bits per heavy atom. The first-order valence-corrected chi connectivity index (χ1v) is 11.4. The fraction of sp³-hybridized carbons (Fsp3) is 0.192. The number of carbonyl (C=O) groups excluding carboxylic acids is 1. The molecule has 5 rings (SSSR count). The van der Waals surface area contributed by atoms with Crippen LogP contribution in [0.4, 0.5) is 23.1 Å². The lowest BCUT2D eigenvalue weighted by Crippen LogP contribution is -2.36. The molecule has 9 nitrogen and oxygen atoms in total. The van der Waals surface area contributed by atoms with Crippen molar-refractivity contribution in [3.05, 3.63) is 73.2 Å². The summed E-state index contributed by atoms with van der Waals surface area (Å²) in [5.74, 6) is 1.19. The monoisotopic (exact) mass is 467 g/mol. The Morgan fingerprint density at radius 2 is 1.91 bits per heavy atom. The van der Waals surface area contributed by atoms with E-state index in [1.165, 1.54) is 6.08 Å². The average Bonchev–Trinajstić information content (AvgIpc) is 2.89. The van der Waals surface area contributed by atoms with Gasteiger partial charge in [-0.2, -0.15) is 0 Å². The van der Waals surface area contributed by atoms with Crippen LogP contribution >= 0.6 is 0 Å². The molecule has 35 heavy (non-hydrogen) atoms. The van der Waals surface area contributed by atoms with Gasteiger partial charge in [0.1, 0.15) is 11.3 Å². The summed E-state index contributed by atoms with van der Waals surface area (Å²) in [6.45, 7) is 4.91. The molecule has 2 N–H and O–H groups in total. The van der Waals surface area contributed by atoms with E-state index in [4.69, 9.17) is 9.72 Å². The second-order valence-corrected chi connectivity index (χ2v) is 7.99. The van der Waals surface area contributed by atoms with Crippen LogP contribution in [0.15, 0.2) is 73.2 Å². The highest BCUT2D eigenvalue weighted by molar-refractivity contribution is 6.00. The SMILES string of the molecule is C/C=C/C(=O)Nc1cccc(-c2nccc3cnc(Nc4ccc(N5CCOCC5)nc4)nc23)c1. The van der Waals surface area contributed by atoms with E-state index in [0.29, 0.717) is 36.1 Å². The lowest BCUT2D eigenvalue weighted by Gasteiger charge is -2.27. The number of carbonyl (C=O) groups is 1. The Morgan fingerprint density at radius 1 is 1.03 bits per heavy atom. The summed E-state index contributed by atoms with van der Waals surface area (Å²) in [6.07, 6.45) is 8.45. The minimum absolute atomic E-state index is 0.183. The zero-order valence-electron chi connectivity index (χ0n) is 19.3. The topological polar surface area (TPSA) is 105 Å². The van der Waals surface area contributed by atoms with E-state index < -0.39 is 0 Å². The molecule has 0 aliphatic carbocycles. The molecule has 1 amide bonds. The maximum Gasteiger partial charge on any atom is 0.248 e. The van der Waals surface area contributed by atoms with Crippen molar-refractivity contribution >= 4 is 40.0 Å². The lowest BCUT2D eigenvalue weighted by atomic mass is 10.1. The smallest absolute Gasteiger partial charge is 0.248 e. The number of allylic oxidation sites excluding steroid dienone is 1. The predicted octanol–water partition coefficient (Wildman–Crippen LogP) is 4.18.